The number of carbonyl (C=O) groups is 2. The molecule has 1 N–H and O–H groups in total. The summed E-state index contributed by atoms with van der Waals surface area (Å²) in [6, 6.07) is 17.6. The van der Waals surface area contributed by atoms with Crippen molar-refractivity contribution in [3.05, 3.63) is 60.7 Å². The van der Waals surface area contributed by atoms with Crippen LogP contribution in [0.4, 0.5) is 0 Å². The molecule has 5 nitrogen and oxygen atoms in total. The quantitative estimate of drug-likeness (QED) is 0.697. The van der Waals surface area contributed by atoms with Crippen molar-refractivity contribution in [2.45, 2.75) is 20.0 Å². The van der Waals surface area contributed by atoms with E-state index < -0.39 is 12.1 Å². The van der Waals surface area contributed by atoms with Crippen LogP contribution in [0.2, 0.25) is 0 Å². The van der Waals surface area contributed by atoms with Gasteiger partial charge in [-0.05, 0) is 31.2 Å². The number of aliphatic hydroxyl groups is 1. The van der Waals surface area contributed by atoms with Crippen molar-refractivity contribution in [1.29, 1.82) is 0 Å². The molecule has 0 aliphatic carbocycles. The smallest absolute Gasteiger partial charge is 0.340 e. The van der Waals surface area contributed by atoms with E-state index in [1.54, 1.807) is 36.4 Å². The van der Waals surface area contributed by atoms with Crippen LogP contribution < -0.4 is 9.47 Å². The molecule has 5 heteroatoms. The zero-order chi connectivity index (χ0) is 16.4. The first kappa shape index (κ1) is 17.4. The largest absolute Gasteiger partial charge is 0.427 e. The Morgan fingerprint density at radius 1 is 0.864 bits per heavy atom. The molecule has 1 atom stereocenters. The summed E-state index contributed by atoms with van der Waals surface area (Å²) in [6.45, 7) is 2.75. The van der Waals surface area contributed by atoms with E-state index in [1.807, 2.05) is 24.3 Å². The monoisotopic (exact) mass is 302 g/mol. The van der Waals surface area contributed by atoms with Crippen LogP contribution in [0.1, 0.15) is 13.8 Å². The average molecular weight is 302 g/mol. The maximum absolute atomic E-state index is 10.8. The molecule has 0 fully saturated rings. The fourth-order valence-corrected chi connectivity index (χ4v) is 1.34. The second kappa shape index (κ2) is 9.31. The Balaban J connectivity index is 0.000000224. The van der Waals surface area contributed by atoms with Crippen LogP contribution in [-0.4, -0.2) is 23.1 Å². The molecule has 0 amide bonds. The van der Waals surface area contributed by atoms with Gasteiger partial charge in [0, 0.05) is 6.92 Å². The van der Waals surface area contributed by atoms with Crippen molar-refractivity contribution in [2.24, 2.45) is 0 Å². The Kier molecular flexibility index (Phi) is 7.36. The van der Waals surface area contributed by atoms with E-state index in [9.17, 15) is 9.59 Å². The van der Waals surface area contributed by atoms with Crippen LogP contribution in [0.5, 0.6) is 11.5 Å². The molecule has 0 heterocycles. The lowest BCUT2D eigenvalue weighted by Crippen LogP contribution is -2.21. The van der Waals surface area contributed by atoms with Crippen molar-refractivity contribution in [2.75, 3.05) is 0 Å². The Morgan fingerprint density at radius 3 is 1.64 bits per heavy atom. The molecule has 0 bridgehead atoms. The number of carbonyl (C=O) groups excluding carboxylic acids is 2. The zero-order valence-corrected chi connectivity index (χ0v) is 12.4. The van der Waals surface area contributed by atoms with Gasteiger partial charge in [0.05, 0.1) is 0 Å². The van der Waals surface area contributed by atoms with Crippen molar-refractivity contribution < 1.29 is 24.2 Å². The van der Waals surface area contributed by atoms with E-state index in [0.717, 1.165) is 0 Å². The van der Waals surface area contributed by atoms with Crippen LogP contribution >= 0.6 is 0 Å². The van der Waals surface area contributed by atoms with Gasteiger partial charge in [-0.3, -0.25) is 4.79 Å². The molecule has 2 rings (SSSR count). The minimum atomic E-state index is -1.08. The number of aliphatic hydroxyl groups excluding tert-OH is 1. The summed E-state index contributed by atoms with van der Waals surface area (Å²) < 4.78 is 9.56. The minimum Gasteiger partial charge on any atom is -0.427 e. The number of benzene rings is 2. The molecule has 0 aliphatic heterocycles. The van der Waals surface area contributed by atoms with Gasteiger partial charge in [-0.15, -0.1) is 0 Å². The molecule has 0 aromatic heterocycles. The highest BCUT2D eigenvalue weighted by atomic mass is 16.5. The topological polar surface area (TPSA) is 72.8 Å². The van der Waals surface area contributed by atoms with Gasteiger partial charge in [-0.25, -0.2) is 4.79 Å². The van der Waals surface area contributed by atoms with Crippen LogP contribution in [0.15, 0.2) is 60.7 Å². The van der Waals surface area contributed by atoms with Crippen LogP contribution in [-0.2, 0) is 9.59 Å². The SMILES string of the molecule is CC(=O)Oc1ccccc1.CC(O)C(=O)Oc1ccccc1. The van der Waals surface area contributed by atoms with Crippen molar-refractivity contribution in [1.82, 2.24) is 0 Å². The van der Waals surface area contributed by atoms with E-state index in [-0.39, 0.29) is 5.97 Å². The molecule has 2 aromatic carbocycles. The zero-order valence-electron chi connectivity index (χ0n) is 12.4. The molecule has 0 saturated heterocycles. The van der Waals surface area contributed by atoms with Gasteiger partial charge in [-0.2, -0.15) is 0 Å². The lowest BCUT2D eigenvalue weighted by Gasteiger charge is -2.04. The van der Waals surface area contributed by atoms with Gasteiger partial charge in [0.15, 0.2) is 0 Å². The molecule has 0 radical (unpaired) electrons. The summed E-state index contributed by atoms with van der Waals surface area (Å²) in [4.78, 5) is 21.2. The van der Waals surface area contributed by atoms with E-state index in [2.05, 4.69) is 0 Å². The molecule has 116 valence electrons. The summed E-state index contributed by atoms with van der Waals surface area (Å²) in [5, 5.41) is 8.81. The summed E-state index contributed by atoms with van der Waals surface area (Å²) in [5.74, 6) is 0.116. The van der Waals surface area contributed by atoms with Crippen molar-refractivity contribution in [3.63, 3.8) is 0 Å². The van der Waals surface area contributed by atoms with E-state index in [1.165, 1.54) is 13.8 Å². The first-order valence-corrected chi connectivity index (χ1v) is 6.67. The molecular formula is C17H18O5. The van der Waals surface area contributed by atoms with Crippen LogP contribution in [0, 0.1) is 0 Å². The van der Waals surface area contributed by atoms with Crippen LogP contribution in [0.3, 0.4) is 0 Å². The number of hydrogen-bond donors (Lipinski definition) is 1. The normalized spacial score (nSPS) is 10.7. The van der Waals surface area contributed by atoms with Gasteiger partial charge in [0.25, 0.3) is 0 Å². The molecule has 1 unspecified atom stereocenters. The Bertz CT molecular complexity index is 579. The third-order valence-electron chi connectivity index (χ3n) is 2.31. The van der Waals surface area contributed by atoms with E-state index >= 15 is 0 Å². The summed E-state index contributed by atoms with van der Waals surface area (Å²) in [5.41, 5.74) is 0. The minimum absolute atomic E-state index is 0.286. The lowest BCUT2D eigenvalue weighted by molar-refractivity contribution is -0.142. The number of esters is 2. The number of ether oxygens (including phenoxy) is 2. The molecule has 2 aromatic rings. The predicted molar refractivity (Wildman–Crippen MR) is 81.5 cm³/mol. The highest BCUT2D eigenvalue weighted by molar-refractivity contribution is 5.76. The first-order valence-electron chi connectivity index (χ1n) is 6.67. The van der Waals surface area contributed by atoms with Crippen LogP contribution in [0.25, 0.3) is 0 Å². The van der Waals surface area contributed by atoms with Gasteiger partial charge in [0.2, 0.25) is 0 Å². The Hall–Kier alpha value is -2.66. The number of hydrogen-bond acceptors (Lipinski definition) is 5. The lowest BCUT2D eigenvalue weighted by atomic mass is 10.3. The fraction of sp³-hybridized carbons (Fsp3) is 0.176. The second-order valence-electron chi connectivity index (χ2n) is 4.32. The number of para-hydroxylation sites is 2. The standard InChI is InChI=1S/C9H10O3.C8H8O2/c1-7(10)9(11)12-8-5-3-2-4-6-8;1-7(9)10-8-5-3-2-4-6-8/h2-7,10H,1H3;2-6H,1H3. The third-order valence-corrected chi connectivity index (χ3v) is 2.31. The molecule has 0 saturated carbocycles. The summed E-state index contributed by atoms with van der Waals surface area (Å²) in [7, 11) is 0. The van der Waals surface area contributed by atoms with Gasteiger partial charge < -0.3 is 14.6 Å². The van der Waals surface area contributed by atoms with Crippen molar-refractivity contribution in [3.8, 4) is 11.5 Å². The summed E-state index contributed by atoms with van der Waals surface area (Å²) >= 11 is 0. The van der Waals surface area contributed by atoms with E-state index in [0.29, 0.717) is 11.5 Å². The number of rotatable bonds is 3. The fourth-order valence-electron chi connectivity index (χ4n) is 1.34. The molecular weight excluding hydrogens is 284 g/mol. The summed E-state index contributed by atoms with van der Waals surface area (Å²) in [6.07, 6.45) is -1.08. The maximum Gasteiger partial charge on any atom is 0.340 e. The third kappa shape index (κ3) is 7.21. The molecule has 22 heavy (non-hydrogen) atoms. The first-order chi connectivity index (χ1) is 10.5. The highest BCUT2D eigenvalue weighted by Gasteiger charge is 2.10. The second-order valence-corrected chi connectivity index (χ2v) is 4.32. The van der Waals surface area contributed by atoms with E-state index in [4.69, 9.17) is 14.6 Å². The maximum atomic E-state index is 10.8. The molecule has 0 aliphatic rings. The van der Waals surface area contributed by atoms with Gasteiger partial charge in [-0.1, -0.05) is 36.4 Å². The molecule has 0 spiro atoms. The van der Waals surface area contributed by atoms with Crippen molar-refractivity contribution >= 4 is 11.9 Å². The highest BCUT2D eigenvalue weighted by Crippen LogP contribution is 2.09. The Labute approximate surface area is 129 Å². The predicted octanol–water partition coefficient (Wildman–Crippen LogP) is 2.58. The van der Waals surface area contributed by atoms with Gasteiger partial charge >= 0.3 is 11.9 Å². The average Bonchev–Trinajstić information content (AvgIpc) is 2.49. The Morgan fingerprint density at radius 2 is 1.27 bits per heavy atom. The van der Waals surface area contributed by atoms with Gasteiger partial charge in [0.1, 0.15) is 17.6 Å².